The SMILES string of the molecule is O=C1N(CC(F)F)C(=O)C2(CC2)N1Cc1nnc(-c2ccc(F)c(O)c2F)s1. The number of phenols is 1. The summed E-state index contributed by atoms with van der Waals surface area (Å²) in [6.45, 7) is -1.13. The van der Waals surface area contributed by atoms with Crippen molar-refractivity contribution in [3.8, 4) is 16.3 Å². The maximum Gasteiger partial charge on any atom is 0.328 e. The minimum Gasteiger partial charge on any atom is -0.503 e. The third kappa shape index (κ3) is 2.79. The van der Waals surface area contributed by atoms with Crippen molar-refractivity contribution in [3.05, 3.63) is 28.8 Å². The van der Waals surface area contributed by atoms with Crippen molar-refractivity contribution in [2.45, 2.75) is 31.4 Å². The van der Waals surface area contributed by atoms with E-state index in [0.717, 1.165) is 23.5 Å². The molecule has 0 unspecified atom stereocenters. The van der Waals surface area contributed by atoms with E-state index in [-0.39, 0.29) is 22.1 Å². The Kier molecular flexibility index (Phi) is 4.25. The second-order valence-electron chi connectivity index (χ2n) is 6.47. The van der Waals surface area contributed by atoms with Crippen LogP contribution in [0.3, 0.4) is 0 Å². The smallest absolute Gasteiger partial charge is 0.328 e. The Bertz CT molecular complexity index is 979. The molecule has 1 aliphatic carbocycles. The molecule has 1 saturated carbocycles. The zero-order valence-corrected chi connectivity index (χ0v) is 14.8. The number of benzene rings is 1. The first-order valence-electron chi connectivity index (χ1n) is 8.16. The minimum absolute atomic E-state index is 0.0371. The van der Waals surface area contributed by atoms with Gasteiger partial charge in [-0.3, -0.25) is 9.69 Å². The van der Waals surface area contributed by atoms with Gasteiger partial charge in [-0.05, 0) is 25.0 Å². The number of carbonyl (C=O) groups is 2. The van der Waals surface area contributed by atoms with Gasteiger partial charge in [-0.2, -0.15) is 0 Å². The summed E-state index contributed by atoms with van der Waals surface area (Å²) in [4.78, 5) is 26.5. The summed E-state index contributed by atoms with van der Waals surface area (Å²) in [6.07, 6.45) is -2.11. The van der Waals surface area contributed by atoms with Crippen LogP contribution in [-0.2, 0) is 11.3 Å². The standard InChI is InChI=1S/C16H12F4N4O3S/c17-8-2-1-7(11(20)12(8)25)13-22-21-10(28-13)6-24-15(27)23(5-9(18)19)14(26)16(24)3-4-16/h1-2,9,25H,3-6H2. The van der Waals surface area contributed by atoms with E-state index < -0.39 is 47.8 Å². The van der Waals surface area contributed by atoms with Crippen LogP contribution in [0.1, 0.15) is 17.8 Å². The lowest BCUT2D eigenvalue weighted by atomic mass is 10.2. The van der Waals surface area contributed by atoms with Crippen LogP contribution < -0.4 is 0 Å². The molecule has 2 heterocycles. The van der Waals surface area contributed by atoms with Gasteiger partial charge in [0.2, 0.25) is 0 Å². The highest BCUT2D eigenvalue weighted by molar-refractivity contribution is 7.14. The molecule has 4 rings (SSSR count). The molecule has 2 fully saturated rings. The fraction of sp³-hybridized carbons (Fsp3) is 0.375. The molecule has 1 spiro atoms. The van der Waals surface area contributed by atoms with Gasteiger partial charge >= 0.3 is 6.03 Å². The number of alkyl halides is 2. The van der Waals surface area contributed by atoms with E-state index in [1.165, 1.54) is 4.90 Å². The Morgan fingerprint density at radius 2 is 1.93 bits per heavy atom. The van der Waals surface area contributed by atoms with Crippen LogP contribution in [0.4, 0.5) is 22.4 Å². The Balaban J connectivity index is 1.59. The summed E-state index contributed by atoms with van der Waals surface area (Å²) in [6, 6.07) is 1.13. The van der Waals surface area contributed by atoms with Gasteiger partial charge in [0.05, 0.1) is 18.7 Å². The Morgan fingerprint density at radius 3 is 2.57 bits per heavy atom. The van der Waals surface area contributed by atoms with Gasteiger partial charge in [-0.15, -0.1) is 10.2 Å². The molecule has 1 aromatic heterocycles. The van der Waals surface area contributed by atoms with E-state index in [1.54, 1.807) is 0 Å². The number of carbonyl (C=O) groups excluding carboxylic acids is 2. The van der Waals surface area contributed by atoms with Gasteiger partial charge in [0.1, 0.15) is 10.5 Å². The van der Waals surface area contributed by atoms with Crippen molar-refractivity contribution in [1.82, 2.24) is 20.0 Å². The third-order valence-corrected chi connectivity index (χ3v) is 5.66. The van der Waals surface area contributed by atoms with Crippen LogP contribution in [0.25, 0.3) is 10.6 Å². The lowest BCUT2D eigenvalue weighted by molar-refractivity contribution is -0.130. The average Bonchev–Trinajstić information content (AvgIpc) is 3.29. The molecular formula is C16H12F4N4O3S. The van der Waals surface area contributed by atoms with Crippen molar-refractivity contribution < 1.29 is 32.3 Å². The molecule has 1 aliphatic heterocycles. The molecule has 0 bridgehead atoms. The zero-order valence-electron chi connectivity index (χ0n) is 14.0. The summed E-state index contributed by atoms with van der Waals surface area (Å²) in [5.41, 5.74) is -1.30. The van der Waals surface area contributed by atoms with Gasteiger partial charge in [0, 0.05) is 0 Å². The van der Waals surface area contributed by atoms with E-state index in [9.17, 15) is 32.3 Å². The van der Waals surface area contributed by atoms with E-state index in [4.69, 9.17) is 0 Å². The van der Waals surface area contributed by atoms with Crippen molar-refractivity contribution in [2.24, 2.45) is 0 Å². The number of imide groups is 1. The summed E-state index contributed by atoms with van der Waals surface area (Å²) >= 11 is 0.881. The second-order valence-corrected chi connectivity index (χ2v) is 7.53. The summed E-state index contributed by atoms with van der Waals surface area (Å²) in [7, 11) is 0. The molecule has 12 heteroatoms. The van der Waals surface area contributed by atoms with Crippen molar-refractivity contribution in [2.75, 3.05) is 6.54 Å². The maximum atomic E-state index is 14.0. The molecule has 148 valence electrons. The van der Waals surface area contributed by atoms with Gasteiger partial charge in [0.15, 0.2) is 22.4 Å². The summed E-state index contributed by atoms with van der Waals surface area (Å²) < 4.78 is 52.6. The number of hydrogen-bond acceptors (Lipinski definition) is 6. The van der Waals surface area contributed by atoms with Crippen molar-refractivity contribution in [1.29, 1.82) is 0 Å². The lowest BCUT2D eigenvalue weighted by Gasteiger charge is -2.19. The molecule has 28 heavy (non-hydrogen) atoms. The first-order chi connectivity index (χ1) is 13.2. The highest BCUT2D eigenvalue weighted by Crippen LogP contribution is 2.49. The topological polar surface area (TPSA) is 86.6 Å². The van der Waals surface area contributed by atoms with Crippen LogP contribution in [0, 0.1) is 11.6 Å². The Labute approximate surface area is 159 Å². The van der Waals surface area contributed by atoms with Crippen LogP contribution in [0.5, 0.6) is 5.75 Å². The predicted molar refractivity (Wildman–Crippen MR) is 87.5 cm³/mol. The molecule has 3 amide bonds. The maximum absolute atomic E-state index is 14.0. The van der Waals surface area contributed by atoms with Gasteiger partial charge in [-0.1, -0.05) is 11.3 Å². The third-order valence-electron chi connectivity index (χ3n) is 4.72. The highest BCUT2D eigenvalue weighted by atomic mass is 32.1. The zero-order chi connectivity index (χ0) is 20.2. The molecule has 2 aliphatic rings. The van der Waals surface area contributed by atoms with Crippen LogP contribution in [0.15, 0.2) is 12.1 Å². The number of aromatic nitrogens is 2. The van der Waals surface area contributed by atoms with Crippen LogP contribution >= 0.6 is 11.3 Å². The van der Waals surface area contributed by atoms with E-state index >= 15 is 0 Å². The number of aromatic hydroxyl groups is 1. The molecule has 0 atom stereocenters. The largest absolute Gasteiger partial charge is 0.503 e. The molecule has 0 radical (unpaired) electrons. The van der Waals surface area contributed by atoms with Crippen molar-refractivity contribution in [3.63, 3.8) is 0 Å². The number of hydrogen-bond donors (Lipinski definition) is 1. The number of phenolic OH excluding ortho intramolecular Hbond substituents is 1. The Hall–Kier alpha value is -2.76. The normalized spacial score (nSPS) is 18.0. The lowest BCUT2D eigenvalue weighted by Crippen LogP contribution is -2.36. The monoisotopic (exact) mass is 416 g/mol. The average molecular weight is 416 g/mol. The minimum atomic E-state index is -2.84. The number of nitrogens with zero attached hydrogens (tertiary/aromatic N) is 4. The molecule has 1 saturated heterocycles. The van der Waals surface area contributed by atoms with Gasteiger partial charge in [-0.25, -0.2) is 22.4 Å². The molecule has 1 N–H and O–H groups in total. The Morgan fingerprint density at radius 1 is 1.21 bits per heavy atom. The summed E-state index contributed by atoms with van der Waals surface area (Å²) in [5.74, 6) is -4.12. The summed E-state index contributed by atoms with van der Waals surface area (Å²) in [5, 5.41) is 17.3. The molecular weight excluding hydrogens is 404 g/mol. The number of urea groups is 1. The highest BCUT2D eigenvalue weighted by Gasteiger charge is 2.65. The fourth-order valence-electron chi connectivity index (χ4n) is 3.17. The number of rotatable bonds is 5. The predicted octanol–water partition coefficient (Wildman–Crippen LogP) is 2.75. The number of halogens is 4. The first kappa shape index (κ1) is 18.6. The van der Waals surface area contributed by atoms with Gasteiger partial charge < -0.3 is 10.0 Å². The fourth-order valence-corrected chi connectivity index (χ4v) is 4.02. The second kappa shape index (κ2) is 6.40. The van der Waals surface area contributed by atoms with Crippen LogP contribution in [-0.4, -0.2) is 55.6 Å². The molecule has 1 aromatic carbocycles. The molecule has 2 aromatic rings. The van der Waals surface area contributed by atoms with E-state index in [2.05, 4.69) is 10.2 Å². The number of amides is 3. The first-order valence-corrected chi connectivity index (χ1v) is 8.97. The van der Waals surface area contributed by atoms with Crippen molar-refractivity contribution >= 4 is 23.3 Å². The van der Waals surface area contributed by atoms with Gasteiger partial charge in [0.25, 0.3) is 12.3 Å². The van der Waals surface area contributed by atoms with E-state index in [1.807, 2.05) is 0 Å². The van der Waals surface area contributed by atoms with E-state index in [0.29, 0.717) is 17.7 Å². The molecule has 7 nitrogen and oxygen atoms in total. The quantitative estimate of drug-likeness (QED) is 0.598. The van der Waals surface area contributed by atoms with Crippen LogP contribution in [0.2, 0.25) is 0 Å².